The van der Waals surface area contributed by atoms with Crippen LogP contribution >= 0.6 is 0 Å². The van der Waals surface area contributed by atoms with Crippen molar-refractivity contribution >= 4 is 23.8 Å². The van der Waals surface area contributed by atoms with Crippen LogP contribution in [0.15, 0.2) is 18.2 Å². The van der Waals surface area contributed by atoms with Crippen LogP contribution in [0.2, 0.25) is 0 Å². The summed E-state index contributed by atoms with van der Waals surface area (Å²) in [6.45, 7) is 9.74. The van der Waals surface area contributed by atoms with Gasteiger partial charge in [-0.2, -0.15) is 0 Å². The normalized spacial score (nSPS) is 20.0. The minimum Gasteiger partial charge on any atom is -0.330 e. The first-order valence-corrected chi connectivity index (χ1v) is 8.68. The van der Waals surface area contributed by atoms with E-state index in [4.69, 9.17) is 10.7 Å². The number of unbranched alkanes of at least 4 members (excludes halogenated alkanes) is 1. The molecule has 1 aromatic rings. The summed E-state index contributed by atoms with van der Waals surface area (Å²) in [7, 11) is 0. The molecule has 0 saturated heterocycles. The summed E-state index contributed by atoms with van der Waals surface area (Å²) in [5.74, 6) is 0. The standard InChI is InChI=1S/C21H28N2/c1-20(2)9-8-15-11-17-13-21(3,4)12-16(7-5-6-10-22)19(17)23-18(15)14-20/h8-9,11-14H,5-7,10,22H2,1-4H3. The number of hydrogen-bond acceptors (Lipinski definition) is 2. The molecule has 2 heteroatoms. The molecule has 0 spiro atoms. The lowest BCUT2D eigenvalue weighted by molar-refractivity contribution is 0.656. The highest BCUT2D eigenvalue weighted by Crippen LogP contribution is 2.31. The molecule has 1 aromatic heterocycles. The molecule has 122 valence electrons. The number of rotatable bonds is 4. The zero-order valence-electron chi connectivity index (χ0n) is 14.8. The molecular weight excluding hydrogens is 280 g/mol. The van der Waals surface area contributed by atoms with Gasteiger partial charge in [-0.25, -0.2) is 4.98 Å². The van der Waals surface area contributed by atoms with E-state index in [1.165, 1.54) is 22.0 Å². The van der Waals surface area contributed by atoms with Crippen LogP contribution in [0.5, 0.6) is 0 Å². The highest BCUT2D eigenvalue weighted by molar-refractivity contribution is 5.72. The Bertz CT molecular complexity index is 792. The molecule has 0 fully saturated rings. The third-order valence-electron chi connectivity index (χ3n) is 4.59. The maximum Gasteiger partial charge on any atom is 0.0735 e. The molecule has 0 amide bonds. The summed E-state index contributed by atoms with van der Waals surface area (Å²) < 4.78 is 0. The molecule has 0 bridgehead atoms. The van der Waals surface area contributed by atoms with E-state index in [-0.39, 0.29) is 10.8 Å². The zero-order chi connectivity index (χ0) is 16.7. The molecule has 2 aliphatic carbocycles. The number of pyridine rings is 1. The fraction of sp³-hybridized carbons (Fsp3) is 0.476. The second kappa shape index (κ2) is 5.76. The van der Waals surface area contributed by atoms with E-state index in [2.05, 4.69) is 64.1 Å². The van der Waals surface area contributed by atoms with E-state index in [9.17, 15) is 0 Å². The van der Waals surface area contributed by atoms with Crippen LogP contribution in [0.3, 0.4) is 0 Å². The summed E-state index contributed by atoms with van der Waals surface area (Å²) in [5.41, 5.74) is 9.61. The van der Waals surface area contributed by atoms with Crippen molar-refractivity contribution in [2.45, 2.75) is 47.0 Å². The molecule has 2 aliphatic rings. The fourth-order valence-corrected chi connectivity index (χ4v) is 3.49. The summed E-state index contributed by atoms with van der Waals surface area (Å²) >= 11 is 0. The number of fused-ring (bicyclic) bond motifs is 2. The van der Waals surface area contributed by atoms with Gasteiger partial charge in [0.1, 0.15) is 0 Å². The lowest BCUT2D eigenvalue weighted by Gasteiger charge is -2.25. The maximum absolute atomic E-state index is 5.66. The van der Waals surface area contributed by atoms with Crippen molar-refractivity contribution < 1.29 is 0 Å². The van der Waals surface area contributed by atoms with Crippen LogP contribution in [0.25, 0.3) is 23.8 Å². The van der Waals surface area contributed by atoms with Crippen LogP contribution in [-0.4, -0.2) is 11.5 Å². The van der Waals surface area contributed by atoms with Crippen molar-refractivity contribution in [3.63, 3.8) is 0 Å². The SMILES string of the molecule is CC1(C)C=C(CCCCN)c2nc3c(cc2=C1)C=CC(C)(C)C=3. The topological polar surface area (TPSA) is 38.9 Å². The first-order chi connectivity index (χ1) is 10.8. The summed E-state index contributed by atoms with van der Waals surface area (Å²) in [6, 6.07) is 2.30. The Kier molecular flexibility index (Phi) is 4.05. The van der Waals surface area contributed by atoms with Gasteiger partial charge in [-0.05, 0) is 48.7 Å². The maximum atomic E-state index is 5.66. The molecule has 0 unspecified atom stereocenters. The summed E-state index contributed by atoms with van der Waals surface area (Å²) in [4.78, 5) is 5.04. The summed E-state index contributed by atoms with van der Waals surface area (Å²) in [6.07, 6.45) is 14.7. The third-order valence-corrected chi connectivity index (χ3v) is 4.59. The van der Waals surface area contributed by atoms with Gasteiger partial charge in [-0.3, -0.25) is 0 Å². The second-order valence-electron chi connectivity index (χ2n) is 8.08. The Balaban J connectivity index is 2.11. The van der Waals surface area contributed by atoms with E-state index in [1.54, 1.807) is 0 Å². The van der Waals surface area contributed by atoms with Gasteiger partial charge in [0.25, 0.3) is 0 Å². The Labute approximate surface area is 139 Å². The van der Waals surface area contributed by atoms with Crippen LogP contribution in [0.1, 0.15) is 58.2 Å². The van der Waals surface area contributed by atoms with Gasteiger partial charge in [-0.15, -0.1) is 0 Å². The van der Waals surface area contributed by atoms with Crippen molar-refractivity contribution in [2.75, 3.05) is 6.54 Å². The first-order valence-electron chi connectivity index (χ1n) is 8.68. The van der Waals surface area contributed by atoms with E-state index in [0.29, 0.717) is 0 Å². The van der Waals surface area contributed by atoms with Gasteiger partial charge in [0.05, 0.1) is 11.0 Å². The first kappa shape index (κ1) is 16.2. The molecule has 0 aliphatic heterocycles. The molecule has 0 radical (unpaired) electrons. The molecule has 0 saturated carbocycles. The van der Waals surface area contributed by atoms with Crippen molar-refractivity contribution in [1.82, 2.24) is 4.98 Å². The highest BCUT2D eigenvalue weighted by atomic mass is 14.7. The van der Waals surface area contributed by atoms with Gasteiger partial charge < -0.3 is 5.73 Å². The lowest BCUT2D eigenvalue weighted by atomic mass is 9.81. The lowest BCUT2D eigenvalue weighted by Crippen LogP contribution is -2.30. The van der Waals surface area contributed by atoms with Crippen molar-refractivity contribution in [1.29, 1.82) is 0 Å². The Morgan fingerprint density at radius 3 is 2.52 bits per heavy atom. The Morgan fingerprint density at radius 1 is 1.00 bits per heavy atom. The number of hydrogen-bond donors (Lipinski definition) is 1. The van der Waals surface area contributed by atoms with E-state index in [0.717, 1.165) is 31.2 Å². The van der Waals surface area contributed by atoms with E-state index < -0.39 is 0 Å². The smallest absolute Gasteiger partial charge is 0.0735 e. The molecule has 2 nitrogen and oxygen atoms in total. The minimum atomic E-state index is 0.0787. The number of allylic oxidation sites excluding steroid dienone is 3. The highest BCUT2D eigenvalue weighted by Gasteiger charge is 2.22. The van der Waals surface area contributed by atoms with Gasteiger partial charge in [-0.1, -0.05) is 52.0 Å². The average molecular weight is 308 g/mol. The predicted molar refractivity (Wildman–Crippen MR) is 99.9 cm³/mol. The number of aromatic nitrogens is 1. The molecule has 23 heavy (non-hydrogen) atoms. The third kappa shape index (κ3) is 3.48. The van der Waals surface area contributed by atoms with Gasteiger partial charge in [0, 0.05) is 16.4 Å². The number of nitrogens with two attached hydrogens (primary N) is 1. The van der Waals surface area contributed by atoms with E-state index >= 15 is 0 Å². The fourth-order valence-electron chi connectivity index (χ4n) is 3.49. The van der Waals surface area contributed by atoms with Crippen molar-refractivity contribution in [2.24, 2.45) is 16.6 Å². The second-order valence-corrected chi connectivity index (χ2v) is 8.08. The largest absolute Gasteiger partial charge is 0.330 e. The monoisotopic (exact) mass is 308 g/mol. The van der Waals surface area contributed by atoms with Crippen molar-refractivity contribution in [3.05, 3.63) is 40.0 Å². The van der Waals surface area contributed by atoms with Gasteiger partial charge in [0.2, 0.25) is 0 Å². The van der Waals surface area contributed by atoms with Crippen LogP contribution in [-0.2, 0) is 0 Å². The molecule has 1 heterocycles. The van der Waals surface area contributed by atoms with Crippen LogP contribution in [0.4, 0.5) is 0 Å². The predicted octanol–water partition coefficient (Wildman–Crippen LogP) is 3.25. The van der Waals surface area contributed by atoms with Gasteiger partial charge >= 0.3 is 0 Å². The molecule has 0 aromatic carbocycles. The molecule has 0 atom stereocenters. The Hall–Kier alpha value is -1.67. The summed E-state index contributed by atoms with van der Waals surface area (Å²) in [5, 5.41) is 2.39. The quantitative estimate of drug-likeness (QED) is 0.867. The molecule has 2 N–H and O–H groups in total. The average Bonchev–Trinajstić information content (AvgIpc) is 2.44. The Morgan fingerprint density at radius 2 is 1.78 bits per heavy atom. The molecule has 3 rings (SSSR count). The number of nitrogens with zero attached hydrogens (tertiary/aromatic N) is 1. The minimum absolute atomic E-state index is 0.0787. The van der Waals surface area contributed by atoms with Crippen LogP contribution in [0, 0.1) is 10.8 Å². The molecular formula is C21H28N2. The zero-order valence-corrected chi connectivity index (χ0v) is 14.8. The van der Waals surface area contributed by atoms with E-state index in [1.807, 2.05) is 0 Å². The van der Waals surface area contributed by atoms with Gasteiger partial charge in [0.15, 0.2) is 0 Å². The van der Waals surface area contributed by atoms with Crippen molar-refractivity contribution in [3.8, 4) is 0 Å². The van der Waals surface area contributed by atoms with Crippen LogP contribution < -0.4 is 16.3 Å².